The number of pyridine rings is 1. The van der Waals surface area contributed by atoms with Crippen LogP contribution in [0.4, 0.5) is 16.2 Å². The number of benzene rings is 1. The molecule has 9 heteroatoms. The molecule has 7 nitrogen and oxygen atoms in total. The van der Waals surface area contributed by atoms with E-state index in [1.165, 1.54) is 25.0 Å². The first kappa shape index (κ1) is 24.2. The summed E-state index contributed by atoms with van der Waals surface area (Å²) in [7, 11) is 0. The smallest absolute Gasteiger partial charge is 0.225 e. The molecular weight excluding hydrogens is 487 g/mol. The summed E-state index contributed by atoms with van der Waals surface area (Å²) < 4.78 is 14.5. The van der Waals surface area contributed by atoms with Gasteiger partial charge < -0.3 is 15.7 Å². The first-order valence-electron chi connectivity index (χ1n) is 13.0. The van der Waals surface area contributed by atoms with Crippen LogP contribution in [0.25, 0.3) is 20.8 Å². The van der Waals surface area contributed by atoms with E-state index in [1.807, 2.05) is 26.1 Å². The van der Waals surface area contributed by atoms with Gasteiger partial charge in [0.05, 0.1) is 27.7 Å². The molecule has 37 heavy (non-hydrogen) atoms. The summed E-state index contributed by atoms with van der Waals surface area (Å²) in [5.74, 6) is 1.84. The summed E-state index contributed by atoms with van der Waals surface area (Å²) >= 11 is 1.65. The Morgan fingerprint density at radius 2 is 1.89 bits per heavy atom. The van der Waals surface area contributed by atoms with Crippen molar-refractivity contribution >= 4 is 33.3 Å². The lowest BCUT2D eigenvalue weighted by Crippen LogP contribution is -2.19. The van der Waals surface area contributed by atoms with Crippen molar-refractivity contribution in [3.05, 3.63) is 59.3 Å². The van der Waals surface area contributed by atoms with Crippen molar-refractivity contribution in [3.8, 4) is 10.6 Å². The van der Waals surface area contributed by atoms with Crippen molar-refractivity contribution < 1.29 is 9.50 Å². The molecule has 2 unspecified atom stereocenters. The van der Waals surface area contributed by atoms with Gasteiger partial charge in [-0.1, -0.05) is 12.1 Å². The number of aryl methyl sites for hydroxylation is 1. The van der Waals surface area contributed by atoms with Crippen LogP contribution >= 0.6 is 11.3 Å². The molecule has 0 aliphatic heterocycles. The predicted molar refractivity (Wildman–Crippen MR) is 145 cm³/mol. The molecule has 3 heterocycles. The fourth-order valence-corrected chi connectivity index (χ4v) is 6.30. The maximum absolute atomic E-state index is 13.4. The maximum Gasteiger partial charge on any atom is 0.225 e. The first-order valence-corrected chi connectivity index (χ1v) is 13.8. The Hall–Kier alpha value is -3.17. The minimum atomic E-state index is -0.257. The normalized spacial score (nSPS) is 20.3. The third kappa shape index (κ3) is 5.02. The van der Waals surface area contributed by atoms with E-state index >= 15 is 0 Å². The van der Waals surface area contributed by atoms with Crippen molar-refractivity contribution in [3.63, 3.8) is 0 Å². The Labute approximate surface area is 219 Å². The van der Waals surface area contributed by atoms with E-state index in [-0.39, 0.29) is 24.5 Å². The second kappa shape index (κ2) is 9.95. The summed E-state index contributed by atoms with van der Waals surface area (Å²) in [6, 6.07) is 8.64. The zero-order valence-corrected chi connectivity index (χ0v) is 21.9. The van der Waals surface area contributed by atoms with Gasteiger partial charge in [-0.3, -0.25) is 4.98 Å². The number of rotatable bonds is 8. The Balaban J connectivity index is 1.37. The monoisotopic (exact) mass is 518 g/mol. The van der Waals surface area contributed by atoms with Gasteiger partial charge in [0.25, 0.3) is 0 Å². The number of fused-ring (bicyclic) bond motifs is 1. The predicted octanol–water partition coefficient (Wildman–Crippen LogP) is 6.22. The molecule has 3 aromatic heterocycles. The average molecular weight is 519 g/mol. The van der Waals surface area contributed by atoms with Gasteiger partial charge in [-0.2, -0.15) is 4.98 Å². The van der Waals surface area contributed by atoms with Crippen LogP contribution in [0.15, 0.2) is 36.5 Å². The molecule has 0 amide bonds. The van der Waals surface area contributed by atoms with Crippen molar-refractivity contribution in [2.75, 3.05) is 17.2 Å². The maximum atomic E-state index is 13.4. The van der Waals surface area contributed by atoms with Crippen LogP contribution in [0.5, 0.6) is 0 Å². The van der Waals surface area contributed by atoms with E-state index < -0.39 is 0 Å². The molecule has 1 aromatic carbocycles. The Morgan fingerprint density at radius 3 is 2.62 bits per heavy atom. The molecule has 0 saturated heterocycles. The summed E-state index contributed by atoms with van der Waals surface area (Å²) in [6.45, 7) is 4.22. The van der Waals surface area contributed by atoms with E-state index in [1.54, 1.807) is 23.5 Å². The lowest BCUT2D eigenvalue weighted by Gasteiger charge is -2.20. The van der Waals surface area contributed by atoms with Gasteiger partial charge >= 0.3 is 0 Å². The highest BCUT2D eigenvalue weighted by molar-refractivity contribution is 7.21. The highest BCUT2D eigenvalue weighted by Gasteiger charge is 2.30. The molecule has 3 atom stereocenters. The highest BCUT2D eigenvalue weighted by atomic mass is 32.1. The fourth-order valence-electron chi connectivity index (χ4n) is 5.23. The van der Waals surface area contributed by atoms with E-state index in [9.17, 15) is 9.50 Å². The number of nitrogens with one attached hydrogen (secondary N) is 2. The summed E-state index contributed by atoms with van der Waals surface area (Å²) in [5.41, 5.74) is 4.79. The van der Waals surface area contributed by atoms with Crippen LogP contribution < -0.4 is 10.6 Å². The number of nitrogens with zero attached hydrogens (tertiary/aromatic N) is 4. The summed E-state index contributed by atoms with van der Waals surface area (Å²) in [5, 5.41) is 17.6. The molecule has 2 aliphatic rings. The van der Waals surface area contributed by atoms with E-state index in [2.05, 4.69) is 15.6 Å². The van der Waals surface area contributed by atoms with Crippen LogP contribution in [0.1, 0.15) is 67.9 Å². The molecule has 6 rings (SSSR count). The lowest BCUT2D eigenvalue weighted by molar-refractivity contribution is 0.229. The average Bonchev–Trinajstić information content (AvgIpc) is 3.48. The molecule has 0 spiro atoms. The highest BCUT2D eigenvalue weighted by Crippen LogP contribution is 2.44. The number of aliphatic hydroxyl groups excluding tert-OH is 1. The van der Waals surface area contributed by atoms with Crippen LogP contribution in [-0.2, 0) is 0 Å². The quantitative estimate of drug-likeness (QED) is 0.255. The summed E-state index contributed by atoms with van der Waals surface area (Å²) in [4.78, 5) is 19.4. The Kier molecular flexibility index (Phi) is 6.50. The summed E-state index contributed by atoms with van der Waals surface area (Å²) in [6.07, 6.45) is 7.12. The van der Waals surface area contributed by atoms with Crippen LogP contribution in [0, 0.1) is 18.7 Å². The lowest BCUT2D eigenvalue weighted by atomic mass is 10.1. The largest absolute Gasteiger partial charge is 0.396 e. The van der Waals surface area contributed by atoms with Crippen LogP contribution in [-0.4, -0.2) is 37.7 Å². The van der Waals surface area contributed by atoms with Gasteiger partial charge in [-0.15, -0.1) is 11.3 Å². The zero-order chi connectivity index (χ0) is 25.5. The molecule has 192 valence electrons. The number of hydrogen-bond donors (Lipinski definition) is 3. The molecule has 0 bridgehead atoms. The van der Waals surface area contributed by atoms with E-state index in [0.717, 1.165) is 62.8 Å². The molecule has 2 aliphatic carbocycles. The van der Waals surface area contributed by atoms with Gasteiger partial charge in [-0.05, 0) is 75.6 Å². The van der Waals surface area contributed by atoms with Gasteiger partial charge in [0.15, 0.2) is 0 Å². The molecule has 4 aromatic rings. The van der Waals surface area contributed by atoms with Gasteiger partial charge in [0, 0.05) is 24.8 Å². The van der Waals surface area contributed by atoms with Gasteiger partial charge in [0.2, 0.25) is 5.95 Å². The number of thiazole rings is 1. The number of halogens is 1. The molecule has 2 fully saturated rings. The first-order chi connectivity index (χ1) is 18.0. The third-order valence-electron chi connectivity index (χ3n) is 7.46. The topological polar surface area (TPSA) is 95.9 Å². The second-order valence-electron chi connectivity index (χ2n) is 10.3. The van der Waals surface area contributed by atoms with Crippen molar-refractivity contribution in [2.45, 2.75) is 64.0 Å². The number of anilines is 2. The number of aliphatic hydroxyl groups is 1. The number of aromatic nitrogens is 4. The third-order valence-corrected chi connectivity index (χ3v) is 8.50. The molecule has 2 saturated carbocycles. The van der Waals surface area contributed by atoms with Crippen molar-refractivity contribution in [1.82, 2.24) is 19.9 Å². The second-order valence-corrected chi connectivity index (χ2v) is 11.3. The Bertz CT molecular complexity index is 1420. The SMILES string of the molecule is Cc1nc(N[C@H](C)c2ccc(F)cc2)nc(NC2CCC(CO)C2)c1-c1nc2c(C3CC3)nccc2s1. The van der Waals surface area contributed by atoms with Crippen molar-refractivity contribution in [1.29, 1.82) is 0 Å². The van der Waals surface area contributed by atoms with Crippen LogP contribution in [0.2, 0.25) is 0 Å². The Morgan fingerprint density at radius 1 is 1.08 bits per heavy atom. The standard InChI is InChI=1S/C28H31FN6OS/c1-15(18-6-8-20(29)9-7-18)31-28-32-16(2)23(26(35-28)33-21-10-3-17(13-21)14-36)27-34-25-22(37-27)11-12-30-24(25)19-4-5-19/h6-9,11-12,15,17,19,21,36H,3-5,10,13-14H2,1-2H3,(H2,31,32,33,35)/t15-,17?,21?/m1/s1. The molecule has 3 N–H and O–H groups in total. The van der Waals surface area contributed by atoms with Gasteiger partial charge in [-0.25, -0.2) is 14.4 Å². The number of hydrogen-bond acceptors (Lipinski definition) is 8. The minimum Gasteiger partial charge on any atom is -0.396 e. The zero-order valence-electron chi connectivity index (χ0n) is 21.0. The van der Waals surface area contributed by atoms with Gasteiger partial charge in [0.1, 0.15) is 22.2 Å². The fraction of sp³-hybridized carbons (Fsp3) is 0.429. The molecule has 0 radical (unpaired) electrons. The van der Waals surface area contributed by atoms with Crippen molar-refractivity contribution in [2.24, 2.45) is 5.92 Å². The molecular formula is C28H31FN6OS. The van der Waals surface area contributed by atoms with E-state index in [4.69, 9.17) is 15.0 Å². The van der Waals surface area contributed by atoms with E-state index in [0.29, 0.717) is 17.8 Å². The van der Waals surface area contributed by atoms with Crippen LogP contribution in [0.3, 0.4) is 0 Å². The minimum absolute atomic E-state index is 0.0985.